The predicted octanol–water partition coefficient (Wildman–Crippen LogP) is 1.35. The summed E-state index contributed by atoms with van der Waals surface area (Å²) >= 11 is 0. The highest BCUT2D eigenvalue weighted by molar-refractivity contribution is 7.89. The average Bonchev–Trinajstić information content (AvgIpc) is 2.73. The van der Waals surface area contributed by atoms with Crippen LogP contribution in [-0.4, -0.2) is 77.4 Å². The number of methoxy groups -OCH3 is 1. The van der Waals surface area contributed by atoms with E-state index in [4.69, 9.17) is 4.74 Å². The van der Waals surface area contributed by atoms with Crippen molar-refractivity contribution in [3.63, 3.8) is 0 Å². The summed E-state index contributed by atoms with van der Waals surface area (Å²) in [6.07, 6.45) is 5.11. The van der Waals surface area contributed by atoms with Crippen LogP contribution in [0.2, 0.25) is 0 Å². The van der Waals surface area contributed by atoms with Gasteiger partial charge in [0.2, 0.25) is 20.0 Å². The molecule has 0 unspecified atom stereocenters. The zero-order valence-electron chi connectivity index (χ0n) is 18.3. The molecule has 31 heavy (non-hydrogen) atoms. The van der Waals surface area contributed by atoms with Crippen LogP contribution in [-0.2, 0) is 26.5 Å². The number of sulfonamides is 2. The lowest BCUT2D eigenvalue weighted by Gasteiger charge is -2.51. The van der Waals surface area contributed by atoms with E-state index in [9.17, 15) is 16.8 Å². The third kappa shape index (κ3) is 5.08. The van der Waals surface area contributed by atoms with Crippen LogP contribution in [0.4, 0.5) is 0 Å². The molecule has 10 heteroatoms. The molecule has 1 aromatic rings. The summed E-state index contributed by atoms with van der Waals surface area (Å²) in [7, 11) is -5.06. The Morgan fingerprint density at radius 2 is 2.00 bits per heavy atom. The molecule has 2 fully saturated rings. The second-order valence-electron chi connectivity index (χ2n) is 8.98. The largest absolute Gasteiger partial charge is 0.497 e. The van der Waals surface area contributed by atoms with Crippen molar-refractivity contribution in [1.29, 1.82) is 0 Å². The second-order valence-corrected chi connectivity index (χ2v) is 12.9. The Kier molecular flexibility index (Phi) is 6.65. The van der Waals surface area contributed by atoms with Crippen molar-refractivity contribution in [3.05, 3.63) is 29.3 Å². The molecule has 0 bridgehead atoms. The highest BCUT2D eigenvalue weighted by Crippen LogP contribution is 2.44. The minimum absolute atomic E-state index is 0.0101. The maximum atomic E-state index is 13.2. The summed E-state index contributed by atoms with van der Waals surface area (Å²) in [5.41, 5.74) is 2.60. The van der Waals surface area contributed by atoms with Gasteiger partial charge in [0.15, 0.2) is 0 Å². The van der Waals surface area contributed by atoms with Crippen LogP contribution in [0.15, 0.2) is 18.2 Å². The highest BCUT2D eigenvalue weighted by atomic mass is 32.2. The zero-order chi connectivity index (χ0) is 22.2. The number of rotatable bonds is 7. The van der Waals surface area contributed by atoms with Gasteiger partial charge in [-0.15, -0.1) is 0 Å². The number of hydrogen-bond donors (Lipinski definition) is 1. The minimum Gasteiger partial charge on any atom is -0.497 e. The first-order valence-electron chi connectivity index (χ1n) is 11.0. The topological polar surface area (TPSA) is 96.0 Å². The highest BCUT2D eigenvalue weighted by Gasteiger charge is 2.45. The first-order valence-corrected chi connectivity index (χ1v) is 14.5. The van der Waals surface area contributed by atoms with Gasteiger partial charge in [0.05, 0.1) is 19.1 Å². The molecule has 0 amide bonds. The maximum Gasteiger partial charge on any atom is 0.214 e. The van der Waals surface area contributed by atoms with Crippen LogP contribution < -0.4 is 9.46 Å². The van der Waals surface area contributed by atoms with Crippen molar-refractivity contribution in [2.24, 2.45) is 5.92 Å². The smallest absolute Gasteiger partial charge is 0.214 e. The van der Waals surface area contributed by atoms with Gasteiger partial charge in [-0.2, -0.15) is 4.31 Å². The van der Waals surface area contributed by atoms with E-state index in [1.165, 1.54) is 11.1 Å². The number of benzene rings is 1. The first-order chi connectivity index (χ1) is 14.7. The lowest BCUT2D eigenvalue weighted by Crippen LogP contribution is -2.57. The van der Waals surface area contributed by atoms with Crippen LogP contribution in [0.25, 0.3) is 0 Å². The Morgan fingerprint density at radius 1 is 1.19 bits per heavy atom. The third-order valence-corrected chi connectivity index (χ3v) is 9.62. The van der Waals surface area contributed by atoms with E-state index in [1.54, 1.807) is 11.4 Å². The van der Waals surface area contributed by atoms with Crippen LogP contribution in [0, 0.1) is 5.92 Å². The Morgan fingerprint density at radius 3 is 2.74 bits per heavy atom. The van der Waals surface area contributed by atoms with Gasteiger partial charge in [-0.25, -0.2) is 21.6 Å². The van der Waals surface area contributed by atoms with Crippen LogP contribution in [0.3, 0.4) is 0 Å². The summed E-state index contributed by atoms with van der Waals surface area (Å²) < 4.78 is 58.3. The standard InChI is InChI=1S/C21H33N3O5S2/c1-29-18-6-7-19-16(13-18)8-11-23-15-17-5-3-10-24(20(17)14-21(19)23)31(27,28)12-4-9-22-30(2,25)26/h6-7,13,17,20-22H,3-5,8-12,14-15H2,1-2H3/t17-,20+,21+/m1/s1. The molecule has 2 saturated heterocycles. The number of ether oxygens (including phenoxy) is 1. The van der Waals surface area contributed by atoms with Crippen molar-refractivity contribution < 1.29 is 21.6 Å². The third-order valence-electron chi connectivity index (χ3n) is 6.92. The maximum absolute atomic E-state index is 13.2. The van der Waals surface area contributed by atoms with Gasteiger partial charge < -0.3 is 4.74 Å². The molecule has 0 aromatic heterocycles. The summed E-state index contributed by atoms with van der Waals surface area (Å²) in [6.45, 7) is 2.64. The Labute approximate surface area is 186 Å². The van der Waals surface area contributed by atoms with Gasteiger partial charge in [0, 0.05) is 38.3 Å². The van der Waals surface area contributed by atoms with Gasteiger partial charge in [-0.1, -0.05) is 6.07 Å². The van der Waals surface area contributed by atoms with E-state index in [1.807, 2.05) is 6.07 Å². The number of nitrogens with one attached hydrogen (secondary N) is 1. The average molecular weight is 472 g/mol. The zero-order valence-corrected chi connectivity index (χ0v) is 19.9. The molecule has 0 saturated carbocycles. The van der Waals surface area contributed by atoms with Gasteiger partial charge in [-0.3, -0.25) is 4.90 Å². The Balaban J connectivity index is 1.50. The normalized spacial score (nSPS) is 27.2. The molecule has 3 aliphatic heterocycles. The number of piperidine rings is 2. The van der Waals surface area contributed by atoms with Gasteiger partial charge in [-0.05, 0) is 61.3 Å². The number of nitrogens with zero attached hydrogens (tertiary/aromatic N) is 2. The van der Waals surface area contributed by atoms with E-state index >= 15 is 0 Å². The SMILES string of the molecule is COc1ccc2c(c1)CCN1C[C@H]3CCCN(S(=O)(=O)CCCNS(C)(=O)=O)[C@H]3C[C@@H]21. The molecule has 1 N–H and O–H groups in total. The molecule has 0 aliphatic carbocycles. The molecule has 3 aliphatic rings. The van der Waals surface area contributed by atoms with Crippen molar-refractivity contribution in [2.45, 2.75) is 44.2 Å². The quantitative estimate of drug-likeness (QED) is 0.603. The lowest BCUT2D eigenvalue weighted by atomic mass is 9.77. The van der Waals surface area contributed by atoms with Crippen molar-refractivity contribution in [1.82, 2.24) is 13.9 Å². The van der Waals surface area contributed by atoms with Crippen LogP contribution >= 0.6 is 0 Å². The summed E-state index contributed by atoms with van der Waals surface area (Å²) in [6, 6.07) is 6.50. The lowest BCUT2D eigenvalue weighted by molar-refractivity contribution is 0.0219. The number of hydrogen-bond acceptors (Lipinski definition) is 6. The summed E-state index contributed by atoms with van der Waals surface area (Å²) in [4.78, 5) is 2.53. The molecule has 1 aromatic carbocycles. The van der Waals surface area contributed by atoms with Crippen LogP contribution in [0.5, 0.6) is 5.75 Å². The van der Waals surface area contributed by atoms with Gasteiger partial charge in [0.1, 0.15) is 5.75 Å². The molecule has 174 valence electrons. The molecule has 8 nitrogen and oxygen atoms in total. The van der Waals surface area contributed by atoms with E-state index in [0.717, 1.165) is 50.8 Å². The molecular formula is C21H33N3O5S2. The number of fused-ring (bicyclic) bond motifs is 4. The molecule has 3 heterocycles. The predicted molar refractivity (Wildman–Crippen MR) is 120 cm³/mol. The van der Waals surface area contributed by atoms with Crippen molar-refractivity contribution in [3.8, 4) is 5.75 Å². The van der Waals surface area contributed by atoms with Crippen LogP contribution in [0.1, 0.15) is 42.9 Å². The fourth-order valence-electron chi connectivity index (χ4n) is 5.49. The molecular weight excluding hydrogens is 438 g/mol. The summed E-state index contributed by atoms with van der Waals surface area (Å²) in [5.74, 6) is 1.19. The van der Waals surface area contributed by atoms with E-state index in [0.29, 0.717) is 12.5 Å². The van der Waals surface area contributed by atoms with E-state index in [2.05, 4.69) is 21.8 Å². The van der Waals surface area contributed by atoms with E-state index in [-0.39, 0.29) is 30.8 Å². The minimum atomic E-state index is -3.44. The first kappa shape index (κ1) is 23.0. The molecule has 0 radical (unpaired) electrons. The van der Waals surface area contributed by atoms with Gasteiger partial charge >= 0.3 is 0 Å². The fraction of sp³-hybridized carbons (Fsp3) is 0.714. The monoisotopic (exact) mass is 471 g/mol. The molecule has 3 atom stereocenters. The fourth-order valence-corrected chi connectivity index (χ4v) is 7.83. The van der Waals surface area contributed by atoms with Crippen molar-refractivity contribution >= 4 is 20.0 Å². The summed E-state index contributed by atoms with van der Waals surface area (Å²) in [5, 5.41) is 0. The molecule has 4 rings (SSSR count). The Bertz CT molecular complexity index is 1010. The molecule has 0 spiro atoms. The van der Waals surface area contributed by atoms with Crippen molar-refractivity contribution in [2.75, 3.05) is 45.3 Å². The Hall–Kier alpha value is -1.20. The van der Waals surface area contributed by atoms with E-state index < -0.39 is 20.0 Å². The second kappa shape index (κ2) is 8.97. The van der Waals surface area contributed by atoms with Gasteiger partial charge in [0.25, 0.3) is 0 Å².